The third-order valence-corrected chi connectivity index (χ3v) is 3.55. The van der Waals surface area contributed by atoms with Gasteiger partial charge in [0.15, 0.2) is 11.5 Å². The Labute approximate surface area is 159 Å². The van der Waals surface area contributed by atoms with E-state index >= 15 is 0 Å². The minimum Gasteiger partial charge on any atom is -0.494 e. The predicted octanol–water partition coefficient (Wildman–Crippen LogP) is 3.35. The number of carbonyl (C=O) groups excluding carboxylic acids is 1. The molecule has 0 fully saturated rings. The maximum Gasteiger partial charge on any atom is 0.244 e. The van der Waals surface area contributed by atoms with Crippen LogP contribution in [0, 0.1) is 0 Å². The average molecular weight is 368 g/mol. The van der Waals surface area contributed by atoms with E-state index in [-0.39, 0.29) is 12.3 Å². The van der Waals surface area contributed by atoms with Crippen molar-refractivity contribution in [1.82, 2.24) is 5.43 Å². The number of benzene rings is 2. The molecule has 1 N–H and O–H groups in total. The summed E-state index contributed by atoms with van der Waals surface area (Å²) in [5.41, 5.74) is 4.18. The zero-order valence-electron chi connectivity index (χ0n) is 15.6. The lowest BCUT2D eigenvalue weighted by atomic mass is 10.1. The highest BCUT2D eigenvalue weighted by atomic mass is 16.5. The van der Waals surface area contributed by atoms with E-state index in [1.54, 1.807) is 31.5 Å². The van der Waals surface area contributed by atoms with E-state index in [1.807, 2.05) is 37.3 Å². The number of nitrogens with one attached hydrogen (secondary N) is 1. The van der Waals surface area contributed by atoms with Gasteiger partial charge in [0.05, 0.1) is 26.4 Å². The smallest absolute Gasteiger partial charge is 0.244 e. The van der Waals surface area contributed by atoms with Crippen LogP contribution in [0.25, 0.3) is 0 Å². The minimum atomic E-state index is -0.201. The fourth-order valence-electron chi connectivity index (χ4n) is 2.31. The highest BCUT2D eigenvalue weighted by Gasteiger charge is 2.05. The highest BCUT2D eigenvalue weighted by molar-refractivity contribution is 5.84. The molecule has 0 aliphatic rings. The monoisotopic (exact) mass is 368 g/mol. The van der Waals surface area contributed by atoms with Crippen LogP contribution in [0.5, 0.6) is 17.2 Å². The first-order chi connectivity index (χ1) is 13.2. The Morgan fingerprint density at radius 2 is 1.93 bits per heavy atom. The summed E-state index contributed by atoms with van der Waals surface area (Å²) in [6.45, 7) is 6.55. The van der Waals surface area contributed by atoms with Crippen LogP contribution in [0.3, 0.4) is 0 Å². The Bertz CT molecular complexity index is 785. The number of nitrogens with zero attached hydrogens (tertiary/aromatic N) is 1. The van der Waals surface area contributed by atoms with E-state index in [2.05, 4.69) is 17.1 Å². The van der Waals surface area contributed by atoms with Crippen molar-refractivity contribution in [1.29, 1.82) is 0 Å². The van der Waals surface area contributed by atoms with E-state index in [0.29, 0.717) is 24.7 Å². The van der Waals surface area contributed by atoms with Gasteiger partial charge in [0.25, 0.3) is 0 Å². The molecular weight excluding hydrogens is 344 g/mol. The summed E-state index contributed by atoms with van der Waals surface area (Å²) >= 11 is 0. The molecule has 0 radical (unpaired) electrons. The normalized spacial score (nSPS) is 10.4. The third-order valence-electron chi connectivity index (χ3n) is 3.55. The second-order valence-electron chi connectivity index (χ2n) is 5.56. The number of amides is 1. The van der Waals surface area contributed by atoms with E-state index in [0.717, 1.165) is 16.9 Å². The minimum absolute atomic E-state index is 0.201. The summed E-state index contributed by atoms with van der Waals surface area (Å²) in [4.78, 5) is 12.0. The summed E-state index contributed by atoms with van der Waals surface area (Å²) in [5.74, 6) is 1.79. The molecule has 1 amide bonds. The Morgan fingerprint density at radius 3 is 2.59 bits per heavy atom. The van der Waals surface area contributed by atoms with Gasteiger partial charge >= 0.3 is 0 Å². The zero-order chi connectivity index (χ0) is 19.5. The van der Waals surface area contributed by atoms with Gasteiger partial charge in [-0.05, 0) is 48.4 Å². The molecule has 0 aromatic heterocycles. The first-order valence-electron chi connectivity index (χ1n) is 8.61. The Hall–Kier alpha value is -3.28. The topological polar surface area (TPSA) is 69.2 Å². The van der Waals surface area contributed by atoms with Crippen molar-refractivity contribution >= 4 is 12.1 Å². The van der Waals surface area contributed by atoms with Crippen molar-refractivity contribution in [3.8, 4) is 17.2 Å². The van der Waals surface area contributed by atoms with Crippen LogP contribution in [-0.2, 0) is 11.2 Å². The lowest BCUT2D eigenvalue weighted by Gasteiger charge is -2.09. The molecule has 0 spiro atoms. The molecule has 0 saturated heterocycles. The van der Waals surface area contributed by atoms with Crippen LogP contribution >= 0.6 is 0 Å². The van der Waals surface area contributed by atoms with E-state index in [1.165, 1.54) is 0 Å². The van der Waals surface area contributed by atoms with Gasteiger partial charge in [0, 0.05) is 0 Å². The van der Waals surface area contributed by atoms with E-state index < -0.39 is 0 Å². The lowest BCUT2D eigenvalue weighted by Crippen LogP contribution is -2.19. The maximum atomic E-state index is 12.0. The fraction of sp³-hybridized carbons (Fsp3) is 0.238. The number of ether oxygens (including phenoxy) is 3. The van der Waals surface area contributed by atoms with Gasteiger partial charge in [0.2, 0.25) is 5.91 Å². The highest BCUT2D eigenvalue weighted by Crippen LogP contribution is 2.27. The van der Waals surface area contributed by atoms with Crippen LogP contribution in [0.2, 0.25) is 0 Å². The molecule has 6 heteroatoms. The van der Waals surface area contributed by atoms with Crippen molar-refractivity contribution in [2.75, 3.05) is 20.3 Å². The van der Waals surface area contributed by atoms with Crippen LogP contribution in [0.1, 0.15) is 18.1 Å². The summed E-state index contributed by atoms with van der Waals surface area (Å²) in [6.07, 6.45) is 3.45. The number of hydrogen-bond donors (Lipinski definition) is 1. The molecule has 0 bridgehead atoms. The second kappa shape index (κ2) is 10.7. The molecule has 2 aromatic carbocycles. The van der Waals surface area contributed by atoms with Gasteiger partial charge in [-0.2, -0.15) is 5.10 Å². The molecule has 0 aliphatic carbocycles. The number of hydrogen-bond acceptors (Lipinski definition) is 5. The average Bonchev–Trinajstić information content (AvgIpc) is 2.68. The number of carbonyl (C=O) groups is 1. The summed E-state index contributed by atoms with van der Waals surface area (Å²) in [7, 11) is 1.57. The summed E-state index contributed by atoms with van der Waals surface area (Å²) in [6, 6.07) is 12.8. The SMILES string of the molecule is C=CCOc1ccc(/C=N\NC(=O)Cc2ccc(OCC)cc2)cc1OC. The second-order valence-corrected chi connectivity index (χ2v) is 5.56. The van der Waals surface area contributed by atoms with Gasteiger partial charge in [0.1, 0.15) is 12.4 Å². The van der Waals surface area contributed by atoms with Gasteiger partial charge in [-0.25, -0.2) is 5.43 Å². The largest absolute Gasteiger partial charge is 0.494 e. The molecule has 142 valence electrons. The molecule has 2 rings (SSSR count). The van der Waals surface area contributed by atoms with E-state index in [9.17, 15) is 4.79 Å². The van der Waals surface area contributed by atoms with Gasteiger partial charge in [-0.15, -0.1) is 0 Å². The maximum absolute atomic E-state index is 12.0. The molecule has 2 aromatic rings. The van der Waals surface area contributed by atoms with Gasteiger partial charge < -0.3 is 14.2 Å². The van der Waals surface area contributed by atoms with Crippen molar-refractivity contribution < 1.29 is 19.0 Å². The first-order valence-corrected chi connectivity index (χ1v) is 8.61. The molecule has 0 aliphatic heterocycles. The van der Waals surface area contributed by atoms with Crippen LogP contribution < -0.4 is 19.6 Å². The van der Waals surface area contributed by atoms with Crippen LogP contribution in [0.4, 0.5) is 0 Å². The molecule has 0 saturated carbocycles. The number of rotatable bonds is 10. The predicted molar refractivity (Wildman–Crippen MR) is 106 cm³/mol. The van der Waals surface area contributed by atoms with Crippen LogP contribution in [-0.4, -0.2) is 32.4 Å². The Kier molecular flexibility index (Phi) is 7.91. The molecule has 0 atom stereocenters. The molecule has 0 heterocycles. The van der Waals surface area contributed by atoms with Crippen LogP contribution in [0.15, 0.2) is 60.2 Å². The van der Waals surface area contributed by atoms with Crippen molar-refractivity contribution in [2.24, 2.45) is 5.10 Å². The summed E-state index contributed by atoms with van der Waals surface area (Å²) in [5, 5.41) is 3.99. The van der Waals surface area contributed by atoms with Crippen molar-refractivity contribution in [2.45, 2.75) is 13.3 Å². The Morgan fingerprint density at radius 1 is 1.15 bits per heavy atom. The van der Waals surface area contributed by atoms with Crippen molar-refractivity contribution in [3.63, 3.8) is 0 Å². The molecular formula is C21H24N2O4. The quantitative estimate of drug-likeness (QED) is 0.397. The lowest BCUT2D eigenvalue weighted by molar-refractivity contribution is -0.120. The number of hydrazone groups is 1. The number of methoxy groups -OCH3 is 1. The van der Waals surface area contributed by atoms with Gasteiger partial charge in [-0.1, -0.05) is 24.8 Å². The zero-order valence-corrected chi connectivity index (χ0v) is 15.6. The van der Waals surface area contributed by atoms with Crippen molar-refractivity contribution in [3.05, 3.63) is 66.2 Å². The molecule has 6 nitrogen and oxygen atoms in total. The Balaban J connectivity index is 1.90. The van der Waals surface area contributed by atoms with Gasteiger partial charge in [-0.3, -0.25) is 4.79 Å². The first kappa shape index (κ1) is 20.0. The third kappa shape index (κ3) is 6.51. The molecule has 0 unspecified atom stereocenters. The molecule has 27 heavy (non-hydrogen) atoms. The van der Waals surface area contributed by atoms with E-state index in [4.69, 9.17) is 14.2 Å². The summed E-state index contributed by atoms with van der Waals surface area (Å²) < 4.78 is 16.2. The standard InChI is InChI=1S/C21H24N2O4/c1-4-12-27-19-11-8-17(13-20(19)25-3)15-22-23-21(24)14-16-6-9-18(10-7-16)26-5-2/h4,6-11,13,15H,1,5,12,14H2,2-3H3,(H,23,24)/b22-15-. The fourth-order valence-corrected chi connectivity index (χ4v) is 2.31.